The van der Waals surface area contributed by atoms with Crippen LogP contribution >= 0.6 is 0 Å². The van der Waals surface area contributed by atoms with E-state index in [1.807, 2.05) is 0 Å². The minimum absolute atomic E-state index is 1.36. The average Bonchev–Trinajstić information content (AvgIpc) is 1.81. The van der Waals surface area contributed by atoms with E-state index in [0.29, 0.717) is 0 Å². The van der Waals surface area contributed by atoms with Gasteiger partial charge in [0.1, 0.15) is 58.4 Å². The van der Waals surface area contributed by atoms with Gasteiger partial charge in [0.25, 0.3) is 0 Å². The van der Waals surface area contributed by atoms with Crippen molar-refractivity contribution in [1.29, 1.82) is 0 Å². The number of hydrogen-bond acceptors (Lipinski definition) is 0. The van der Waals surface area contributed by atoms with E-state index in [-0.39, 0.29) is 0 Å². The van der Waals surface area contributed by atoms with Gasteiger partial charge >= 0.3 is 0 Å². The molecule has 30 heteroatoms. The molecule has 0 aromatic heterocycles. The maximum absolute atomic E-state index is 17.4. The summed E-state index contributed by atoms with van der Waals surface area (Å²) in [5.74, 6) is -102. The van der Waals surface area contributed by atoms with Crippen LogP contribution in [0.2, 0.25) is 0 Å². The highest BCUT2D eigenvalue weighted by Crippen LogP contribution is 2.41. The van der Waals surface area contributed by atoms with E-state index in [0.717, 1.165) is 0 Å². The van der Waals surface area contributed by atoms with Crippen LogP contribution in [0.25, 0.3) is 43.1 Å². The van der Waals surface area contributed by atoms with Gasteiger partial charge in [-0.3, -0.25) is 0 Å². The van der Waals surface area contributed by atoms with Gasteiger partial charge in [-0.15, -0.1) is 21.9 Å². The summed E-state index contributed by atoms with van der Waals surface area (Å²) in [6.45, 7) is 6.51. The highest BCUT2D eigenvalue weighted by atomic mass is 19.2. The van der Waals surface area contributed by atoms with Gasteiger partial charge in [-0.05, 0) is 20.8 Å². The molecule has 0 radical (unpaired) electrons. The lowest BCUT2D eigenvalue weighted by atomic mass is 9.12. The molecular formula is C51H18BF28N. The molecule has 0 spiro atoms. The van der Waals surface area contributed by atoms with E-state index in [2.05, 4.69) is 47.0 Å². The molecule has 0 unspecified atom stereocenters. The minimum atomic E-state index is -7.99. The first-order chi connectivity index (χ1) is 37.5. The molecule has 0 amide bonds. The van der Waals surface area contributed by atoms with E-state index in [1.165, 1.54) is 27.3 Å². The van der Waals surface area contributed by atoms with Gasteiger partial charge in [-0.2, -0.15) is 0 Å². The molecule has 0 bridgehead atoms. The average molecular weight is 1190 g/mol. The van der Waals surface area contributed by atoms with Crippen LogP contribution in [0.1, 0.15) is 16.7 Å². The second kappa shape index (κ2) is 20.0. The third kappa shape index (κ3) is 7.87. The van der Waals surface area contributed by atoms with E-state index in [1.54, 1.807) is 0 Å². The van der Waals surface area contributed by atoms with Crippen LogP contribution in [0, 0.1) is 184 Å². The van der Waals surface area contributed by atoms with Gasteiger partial charge in [-0.25, -0.2) is 123 Å². The smallest absolute Gasteiger partial charge is 0.198 e. The minimum Gasteiger partial charge on any atom is -0.307 e. The number of benzene rings is 9. The van der Waals surface area contributed by atoms with Crippen molar-refractivity contribution >= 4 is 76.8 Å². The lowest BCUT2D eigenvalue weighted by molar-refractivity contribution is -0.787. The fraction of sp³-hybridized carbons (Fsp3) is 0.0980. The first kappa shape index (κ1) is 59.2. The lowest BCUT2D eigenvalue weighted by Gasteiger charge is -2.45. The Hall–Kier alpha value is -7.92. The van der Waals surface area contributed by atoms with Crippen molar-refractivity contribution in [3.05, 3.63) is 192 Å². The molecule has 0 saturated heterocycles. The van der Waals surface area contributed by atoms with Gasteiger partial charge in [0.05, 0.1) is 57.2 Å². The summed E-state index contributed by atoms with van der Waals surface area (Å²) in [4.78, 5) is 1.41. The maximum atomic E-state index is 17.4. The molecule has 1 nitrogen and oxygen atoms in total. The summed E-state index contributed by atoms with van der Waals surface area (Å²) >= 11 is 0. The fourth-order valence-electron chi connectivity index (χ4n) is 10.4. The Morgan fingerprint density at radius 3 is 0.531 bits per heavy atom. The molecule has 0 saturated carbocycles. The SMILES string of the molecule is Cc1cc(C)c([NH+](C)C)c(C)c1.Fc1c(F)c(F)c2c(F)c([B-](c3c(F)c(F)c4c(F)c(F)c(F)c(F)c4c3F)(c3c(F)c(F)c4c(F)c(F)c(F)c(F)c4c3F)c3c(F)c(F)c4c(F)c(F)c(F)c(F)c4c3F)c(F)c(F)c2c1F. The third-order valence-corrected chi connectivity index (χ3v) is 13.4. The third-order valence-electron chi connectivity index (χ3n) is 13.4. The molecular weight excluding hydrogens is 1170 g/mol. The van der Waals surface area contributed by atoms with Crippen LogP contribution in [0.3, 0.4) is 0 Å². The Labute approximate surface area is 430 Å². The van der Waals surface area contributed by atoms with Gasteiger partial charge in [-0.1, -0.05) is 17.7 Å². The summed E-state index contributed by atoms with van der Waals surface area (Å²) in [6.07, 6.45) is -7.99. The van der Waals surface area contributed by atoms with Crippen molar-refractivity contribution in [3.63, 3.8) is 0 Å². The zero-order valence-electron chi connectivity index (χ0n) is 39.8. The number of fused-ring (bicyclic) bond motifs is 4. The van der Waals surface area contributed by atoms with E-state index in [4.69, 9.17) is 0 Å². The highest BCUT2D eigenvalue weighted by Gasteiger charge is 2.52. The van der Waals surface area contributed by atoms with Crippen LogP contribution in [-0.4, -0.2) is 20.2 Å². The Balaban J connectivity index is 0.000000636. The predicted molar refractivity (Wildman–Crippen MR) is 232 cm³/mol. The normalized spacial score (nSPS) is 12.1. The van der Waals surface area contributed by atoms with E-state index < -0.39 is 234 Å². The van der Waals surface area contributed by atoms with Gasteiger partial charge in [0.15, 0.2) is 116 Å². The molecule has 9 aromatic rings. The van der Waals surface area contributed by atoms with Crippen molar-refractivity contribution in [2.24, 2.45) is 0 Å². The molecule has 0 aliphatic carbocycles. The number of aryl methyl sites for hydroxylation is 3. The van der Waals surface area contributed by atoms with Gasteiger partial charge < -0.3 is 4.90 Å². The predicted octanol–water partition coefficient (Wildman–Crippen LogP) is 13.0. The largest absolute Gasteiger partial charge is 0.307 e. The fourth-order valence-corrected chi connectivity index (χ4v) is 10.4. The number of rotatable bonds is 5. The molecule has 0 atom stereocenters. The summed E-state index contributed by atoms with van der Waals surface area (Å²) in [5.41, 5.74) is -10.3. The van der Waals surface area contributed by atoms with Gasteiger partial charge in [0.2, 0.25) is 0 Å². The standard InChI is InChI=1S/C40BF28.C11H17N/c42-13-1-5(25(54)37(66)33(62)21(1)50)17(46)29(58)9(13)41(10-14(43)2-6(18(47)30(10)59)26(55)38(67)34(63)22(2)51,11-15(44)3-7(19(48)31(11)60)27(56)39(68)35(64)23(3)52)12-16(45)4-8(20(49)32(12)61)28(57)40(69)36(65)24(4)53;1-8-6-9(2)11(12(4)5)10(3)7-8/h;6-7H,1-5H3/q-1;/p+1. The van der Waals surface area contributed by atoms with Crippen molar-refractivity contribution < 1.29 is 128 Å². The second-order valence-electron chi connectivity index (χ2n) is 18.1. The van der Waals surface area contributed by atoms with Crippen LogP contribution < -0.4 is 26.8 Å². The molecule has 1 N–H and O–H groups in total. The lowest BCUT2D eigenvalue weighted by Crippen LogP contribution is -3.00. The summed E-state index contributed by atoms with van der Waals surface area (Å²) in [7, 11) is 4.34. The number of hydrogen-bond donors (Lipinski definition) is 1. The van der Waals surface area contributed by atoms with E-state index in [9.17, 15) is 35.1 Å². The van der Waals surface area contributed by atoms with Gasteiger partial charge in [0, 0.05) is 11.1 Å². The van der Waals surface area contributed by atoms with Crippen molar-refractivity contribution in [2.45, 2.75) is 20.8 Å². The quantitative estimate of drug-likeness (QED) is 0.0758. The Morgan fingerprint density at radius 2 is 0.370 bits per heavy atom. The monoisotopic (exact) mass is 1190 g/mol. The molecule has 0 aliphatic heterocycles. The zero-order valence-corrected chi connectivity index (χ0v) is 39.8. The van der Waals surface area contributed by atoms with Crippen molar-refractivity contribution in [3.8, 4) is 0 Å². The molecule has 0 fully saturated rings. The number of nitrogens with one attached hydrogen (secondary N) is 1. The highest BCUT2D eigenvalue weighted by molar-refractivity contribution is 7.20. The number of quaternary nitrogens is 1. The van der Waals surface area contributed by atoms with Crippen LogP contribution in [0.15, 0.2) is 12.1 Å². The molecule has 0 heterocycles. The Morgan fingerprint density at radius 1 is 0.222 bits per heavy atom. The summed E-state index contributed by atoms with van der Waals surface area (Å²) in [6, 6.07) is 4.49. The van der Waals surface area contributed by atoms with E-state index >= 15 is 87.8 Å². The Bertz CT molecular complexity index is 3830. The maximum Gasteiger partial charge on any atom is 0.198 e. The second-order valence-corrected chi connectivity index (χ2v) is 18.1. The van der Waals surface area contributed by atoms with Crippen molar-refractivity contribution in [1.82, 2.24) is 0 Å². The molecule has 9 aromatic carbocycles. The summed E-state index contributed by atoms with van der Waals surface area (Å²) < 4.78 is 442. The molecule has 9 rings (SSSR count). The molecule has 0 aliphatic rings. The van der Waals surface area contributed by atoms with Crippen molar-refractivity contribution in [2.75, 3.05) is 14.1 Å². The first-order valence-electron chi connectivity index (χ1n) is 21.9. The number of halogens is 28. The zero-order chi connectivity index (χ0) is 60.9. The molecule has 426 valence electrons. The molecule has 81 heavy (non-hydrogen) atoms. The van der Waals surface area contributed by atoms with Crippen LogP contribution in [0.4, 0.5) is 129 Å². The first-order valence-corrected chi connectivity index (χ1v) is 21.9. The van der Waals surface area contributed by atoms with Crippen LogP contribution in [0.5, 0.6) is 0 Å². The Kier molecular flexibility index (Phi) is 14.6. The summed E-state index contributed by atoms with van der Waals surface area (Å²) in [5, 5.41) is -25.0. The van der Waals surface area contributed by atoms with Crippen LogP contribution in [-0.2, 0) is 0 Å². The topological polar surface area (TPSA) is 4.44 Å².